The van der Waals surface area contributed by atoms with E-state index in [1.807, 2.05) is 32.0 Å². The third-order valence-electron chi connectivity index (χ3n) is 3.07. The van der Waals surface area contributed by atoms with Crippen molar-refractivity contribution in [3.63, 3.8) is 0 Å². The number of aryl methyl sites for hydroxylation is 2. The summed E-state index contributed by atoms with van der Waals surface area (Å²) in [5, 5.41) is 7.49. The standard InChI is InChI=1S/C13H13N5O/c1-7-4-3-5-9(15-7)6-10-8(2)16-13-12(11(10)14)17-19-18-13/h3-5H,6,14H2,1-2H3. The van der Waals surface area contributed by atoms with Gasteiger partial charge in [-0.1, -0.05) is 6.07 Å². The molecule has 0 aliphatic rings. The summed E-state index contributed by atoms with van der Waals surface area (Å²) in [6.07, 6.45) is 0.620. The molecule has 0 saturated carbocycles. The summed E-state index contributed by atoms with van der Waals surface area (Å²) in [6, 6.07) is 5.91. The summed E-state index contributed by atoms with van der Waals surface area (Å²) in [4.78, 5) is 8.82. The van der Waals surface area contributed by atoms with Gasteiger partial charge in [0.15, 0.2) is 5.52 Å². The summed E-state index contributed by atoms with van der Waals surface area (Å²) in [7, 11) is 0. The maximum atomic E-state index is 6.12. The van der Waals surface area contributed by atoms with Crippen LogP contribution in [-0.4, -0.2) is 20.3 Å². The molecule has 0 aliphatic heterocycles. The minimum atomic E-state index is 0.441. The highest BCUT2D eigenvalue weighted by Gasteiger charge is 2.15. The van der Waals surface area contributed by atoms with Crippen molar-refractivity contribution in [2.24, 2.45) is 0 Å². The number of rotatable bonds is 2. The largest absolute Gasteiger partial charge is 0.396 e. The van der Waals surface area contributed by atoms with Crippen molar-refractivity contribution >= 4 is 16.9 Å². The van der Waals surface area contributed by atoms with Gasteiger partial charge in [-0.3, -0.25) is 4.98 Å². The minimum Gasteiger partial charge on any atom is -0.396 e. The van der Waals surface area contributed by atoms with Gasteiger partial charge >= 0.3 is 0 Å². The average Bonchev–Trinajstić information content (AvgIpc) is 2.83. The first-order valence-corrected chi connectivity index (χ1v) is 5.95. The number of nitrogen functional groups attached to an aromatic ring is 1. The molecule has 0 unspecified atom stereocenters. The van der Waals surface area contributed by atoms with Crippen molar-refractivity contribution in [3.8, 4) is 0 Å². The number of hydrogen-bond acceptors (Lipinski definition) is 6. The number of nitrogens with two attached hydrogens (primary N) is 1. The summed E-state index contributed by atoms with van der Waals surface area (Å²) in [6.45, 7) is 3.86. The van der Waals surface area contributed by atoms with Crippen LogP contribution in [-0.2, 0) is 6.42 Å². The molecule has 0 amide bonds. The molecule has 0 radical (unpaired) electrons. The quantitative estimate of drug-likeness (QED) is 0.750. The monoisotopic (exact) mass is 255 g/mol. The van der Waals surface area contributed by atoms with Crippen LogP contribution in [0.25, 0.3) is 11.2 Å². The summed E-state index contributed by atoms with van der Waals surface area (Å²) in [5.74, 6) is 0. The maximum Gasteiger partial charge on any atom is 0.226 e. The Morgan fingerprint density at radius 2 is 2.00 bits per heavy atom. The molecule has 0 bridgehead atoms. The van der Waals surface area contributed by atoms with E-state index in [0.717, 1.165) is 22.6 Å². The molecule has 0 aliphatic carbocycles. The number of hydrogen-bond donors (Lipinski definition) is 1. The van der Waals surface area contributed by atoms with Crippen LogP contribution in [0.2, 0.25) is 0 Å². The molecule has 0 saturated heterocycles. The molecule has 3 aromatic heterocycles. The van der Waals surface area contributed by atoms with Gasteiger partial charge in [0.1, 0.15) is 0 Å². The predicted octanol–water partition coefficient (Wildman–Crippen LogP) is 1.80. The van der Waals surface area contributed by atoms with Gasteiger partial charge in [-0.2, -0.15) is 0 Å². The SMILES string of the molecule is Cc1cccc(Cc2c(C)nc3nonc3c2N)n1. The van der Waals surface area contributed by atoms with Gasteiger partial charge < -0.3 is 5.73 Å². The number of pyridine rings is 2. The van der Waals surface area contributed by atoms with E-state index >= 15 is 0 Å². The molecule has 19 heavy (non-hydrogen) atoms. The topological polar surface area (TPSA) is 90.7 Å². The molecule has 0 fully saturated rings. The molecular formula is C13H13N5O. The Morgan fingerprint density at radius 1 is 1.16 bits per heavy atom. The first-order chi connectivity index (χ1) is 9.15. The van der Waals surface area contributed by atoms with Gasteiger partial charge in [-0.25, -0.2) is 9.61 Å². The predicted molar refractivity (Wildman–Crippen MR) is 70.5 cm³/mol. The lowest BCUT2D eigenvalue weighted by atomic mass is 10.1. The highest BCUT2D eigenvalue weighted by atomic mass is 16.6. The first-order valence-electron chi connectivity index (χ1n) is 5.95. The van der Waals surface area contributed by atoms with Crippen LogP contribution < -0.4 is 5.73 Å². The van der Waals surface area contributed by atoms with Crippen molar-refractivity contribution < 1.29 is 4.63 Å². The van der Waals surface area contributed by atoms with Crippen LogP contribution in [0.15, 0.2) is 22.8 Å². The van der Waals surface area contributed by atoms with Gasteiger partial charge in [0.2, 0.25) is 5.65 Å². The van der Waals surface area contributed by atoms with Crippen molar-refractivity contribution in [2.75, 3.05) is 5.73 Å². The molecule has 0 atom stereocenters. The first kappa shape index (κ1) is 11.6. The Balaban J connectivity index is 2.09. The van der Waals surface area contributed by atoms with E-state index in [4.69, 9.17) is 5.73 Å². The van der Waals surface area contributed by atoms with E-state index in [0.29, 0.717) is 23.3 Å². The van der Waals surface area contributed by atoms with Crippen LogP contribution in [0, 0.1) is 13.8 Å². The zero-order chi connectivity index (χ0) is 13.4. The molecule has 6 heteroatoms. The Morgan fingerprint density at radius 3 is 2.79 bits per heavy atom. The molecular weight excluding hydrogens is 242 g/mol. The fraction of sp³-hybridized carbons (Fsp3) is 0.231. The number of anilines is 1. The van der Waals surface area contributed by atoms with Crippen LogP contribution in [0.5, 0.6) is 0 Å². The molecule has 3 heterocycles. The van der Waals surface area contributed by atoms with Crippen molar-refractivity contribution in [1.29, 1.82) is 0 Å². The molecule has 3 rings (SSSR count). The van der Waals surface area contributed by atoms with Crippen molar-refractivity contribution in [3.05, 3.63) is 40.8 Å². The molecule has 96 valence electrons. The smallest absolute Gasteiger partial charge is 0.226 e. The third kappa shape index (κ3) is 2.01. The van der Waals surface area contributed by atoms with Crippen LogP contribution in [0.1, 0.15) is 22.6 Å². The molecule has 3 aromatic rings. The maximum absolute atomic E-state index is 6.12. The molecule has 0 spiro atoms. The fourth-order valence-electron chi connectivity index (χ4n) is 2.09. The number of nitrogens with zero attached hydrogens (tertiary/aromatic N) is 4. The van der Waals surface area contributed by atoms with Gasteiger partial charge in [-0.15, -0.1) is 0 Å². The number of fused-ring (bicyclic) bond motifs is 1. The lowest BCUT2D eigenvalue weighted by Crippen LogP contribution is -2.04. The highest BCUT2D eigenvalue weighted by Crippen LogP contribution is 2.25. The van der Waals surface area contributed by atoms with Crippen LogP contribution >= 0.6 is 0 Å². The highest BCUT2D eigenvalue weighted by molar-refractivity contribution is 5.85. The minimum absolute atomic E-state index is 0.441. The lowest BCUT2D eigenvalue weighted by Gasteiger charge is -2.08. The van der Waals surface area contributed by atoms with Gasteiger partial charge in [0.25, 0.3) is 0 Å². The lowest BCUT2D eigenvalue weighted by molar-refractivity contribution is 0.315. The molecule has 0 aromatic carbocycles. The summed E-state index contributed by atoms with van der Waals surface area (Å²) in [5.41, 5.74) is 11.3. The zero-order valence-corrected chi connectivity index (χ0v) is 10.7. The van der Waals surface area contributed by atoms with Gasteiger partial charge in [-0.05, 0) is 36.3 Å². The Kier molecular flexibility index (Phi) is 2.63. The van der Waals surface area contributed by atoms with E-state index in [1.165, 1.54) is 0 Å². The molecule has 2 N–H and O–H groups in total. The Labute approximate surface area is 109 Å². The second-order valence-electron chi connectivity index (χ2n) is 4.47. The van der Waals surface area contributed by atoms with E-state index in [9.17, 15) is 0 Å². The third-order valence-corrected chi connectivity index (χ3v) is 3.07. The Bertz CT molecular complexity index is 750. The van der Waals surface area contributed by atoms with E-state index < -0.39 is 0 Å². The van der Waals surface area contributed by atoms with E-state index in [-0.39, 0.29) is 0 Å². The van der Waals surface area contributed by atoms with Crippen molar-refractivity contribution in [2.45, 2.75) is 20.3 Å². The second-order valence-corrected chi connectivity index (χ2v) is 4.47. The van der Waals surface area contributed by atoms with Gasteiger partial charge in [0.05, 0.1) is 5.69 Å². The van der Waals surface area contributed by atoms with E-state index in [2.05, 4.69) is 24.9 Å². The van der Waals surface area contributed by atoms with Crippen molar-refractivity contribution in [1.82, 2.24) is 20.3 Å². The number of aromatic nitrogens is 4. The zero-order valence-electron chi connectivity index (χ0n) is 10.7. The van der Waals surface area contributed by atoms with Gasteiger partial charge in [0, 0.05) is 29.1 Å². The van der Waals surface area contributed by atoms with E-state index in [1.54, 1.807) is 0 Å². The summed E-state index contributed by atoms with van der Waals surface area (Å²) >= 11 is 0. The summed E-state index contributed by atoms with van der Waals surface area (Å²) < 4.78 is 4.67. The van der Waals surface area contributed by atoms with Crippen LogP contribution in [0.3, 0.4) is 0 Å². The Hall–Kier alpha value is -2.50. The van der Waals surface area contributed by atoms with Crippen LogP contribution in [0.4, 0.5) is 5.69 Å². The second kappa shape index (κ2) is 4.31. The molecule has 6 nitrogen and oxygen atoms in total. The average molecular weight is 255 g/mol. The normalized spacial score (nSPS) is 11.1. The fourth-order valence-corrected chi connectivity index (χ4v) is 2.09.